The van der Waals surface area contributed by atoms with Crippen molar-refractivity contribution in [3.05, 3.63) is 29.3 Å². The van der Waals surface area contributed by atoms with Gasteiger partial charge in [-0.15, -0.1) is 0 Å². The van der Waals surface area contributed by atoms with Gasteiger partial charge in [0.2, 0.25) is 0 Å². The number of nitrogens with two attached hydrogens (primary N) is 1. The molecule has 0 spiro atoms. The summed E-state index contributed by atoms with van der Waals surface area (Å²) >= 11 is 0. The van der Waals surface area contributed by atoms with Crippen LogP contribution in [0.1, 0.15) is 48.5 Å². The van der Waals surface area contributed by atoms with Crippen molar-refractivity contribution in [3.8, 4) is 0 Å². The van der Waals surface area contributed by atoms with Gasteiger partial charge in [0.1, 0.15) is 0 Å². The van der Waals surface area contributed by atoms with Crippen LogP contribution in [0.3, 0.4) is 0 Å². The van der Waals surface area contributed by atoms with Crippen LogP contribution in [-0.4, -0.2) is 11.1 Å². The lowest BCUT2D eigenvalue weighted by Gasteiger charge is -2.06. The topological polar surface area (TPSA) is 63.3 Å². The monoisotopic (exact) mass is 221 g/mol. The van der Waals surface area contributed by atoms with Crippen LogP contribution in [0.5, 0.6) is 0 Å². The Morgan fingerprint density at radius 3 is 2.62 bits per heavy atom. The Kier molecular flexibility index (Phi) is 4.83. The van der Waals surface area contributed by atoms with Gasteiger partial charge in [-0.25, -0.2) is 4.79 Å². The Labute approximate surface area is 96.3 Å². The van der Waals surface area contributed by atoms with E-state index >= 15 is 0 Å². The lowest BCUT2D eigenvalue weighted by Crippen LogP contribution is -2.01. The lowest BCUT2D eigenvalue weighted by molar-refractivity contribution is 0.0697. The molecule has 0 saturated carbocycles. The van der Waals surface area contributed by atoms with Crippen molar-refractivity contribution in [3.63, 3.8) is 0 Å². The Morgan fingerprint density at radius 1 is 1.31 bits per heavy atom. The number of rotatable bonds is 6. The second-order valence-corrected chi connectivity index (χ2v) is 4.03. The number of unbranched alkanes of at least 4 members (excludes halogenated alkanes) is 3. The van der Waals surface area contributed by atoms with E-state index in [0.717, 1.165) is 18.4 Å². The van der Waals surface area contributed by atoms with Crippen LogP contribution in [0.25, 0.3) is 0 Å². The third-order valence-corrected chi connectivity index (χ3v) is 2.69. The summed E-state index contributed by atoms with van der Waals surface area (Å²) in [4.78, 5) is 10.7. The lowest BCUT2D eigenvalue weighted by atomic mass is 10.0. The Hall–Kier alpha value is -1.51. The molecule has 0 heterocycles. The summed E-state index contributed by atoms with van der Waals surface area (Å²) in [5, 5.41) is 8.79. The minimum atomic E-state index is -0.927. The number of aryl methyl sites for hydroxylation is 1. The van der Waals surface area contributed by atoms with Crippen LogP contribution >= 0.6 is 0 Å². The van der Waals surface area contributed by atoms with E-state index in [9.17, 15) is 4.79 Å². The van der Waals surface area contributed by atoms with E-state index in [1.165, 1.54) is 25.3 Å². The average Bonchev–Trinajstić information content (AvgIpc) is 2.26. The maximum atomic E-state index is 10.7. The highest BCUT2D eigenvalue weighted by Gasteiger charge is 2.05. The third-order valence-electron chi connectivity index (χ3n) is 2.69. The first-order chi connectivity index (χ1) is 7.65. The summed E-state index contributed by atoms with van der Waals surface area (Å²) in [7, 11) is 0. The summed E-state index contributed by atoms with van der Waals surface area (Å²) in [6.07, 6.45) is 5.72. The molecule has 3 heteroatoms. The molecule has 0 aliphatic heterocycles. The minimum absolute atomic E-state index is 0.259. The van der Waals surface area contributed by atoms with E-state index in [1.807, 2.05) is 6.07 Å². The number of carboxylic acid groups (broad SMARTS) is 1. The fourth-order valence-corrected chi connectivity index (χ4v) is 1.70. The number of carboxylic acids is 1. The molecule has 88 valence electrons. The van der Waals surface area contributed by atoms with Crippen molar-refractivity contribution in [2.24, 2.45) is 0 Å². The van der Waals surface area contributed by atoms with Crippen LogP contribution in [-0.2, 0) is 6.42 Å². The van der Waals surface area contributed by atoms with Crippen molar-refractivity contribution >= 4 is 11.7 Å². The summed E-state index contributed by atoms with van der Waals surface area (Å²) in [6.45, 7) is 2.18. The predicted molar refractivity (Wildman–Crippen MR) is 65.7 cm³/mol. The molecule has 0 saturated heterocycles. The first-order valence-electron chi connectivity index (χ1n) is 5.77. The molecule has 0 fully saturated rings. The van der Waals surface area contributed by atoms with Gasteiger partial charge in [-0.1, -0.05) is 32.3 Å². The number of nitrogen functional groups attached to an aromatic ring is 1. The van der Waals surface area contributed by atoms with E-state index in [0.29, 0.717) is 5.69 Å². The number of carbonyl (C=O) groups is 1. The van der Waals surface area contributed by atoms with Gasteiger partial charge in [-0.2, -0.15) is 0 Å². The molecule has 0 unspecified atom stereocenters. The van der Waals surface area contributed by atoms with E-state index in [-0.39, 0.29) is 5.56 Å². The van der Waals surface area contributed by atoms with Crippen molar-refractivity contribution < 1.29 is 9.90 Å². The Balaban J connectivity index is 2.57. The summed E-state index contributed by atoms with van der Waals surface area (Å²) in [6, 6.07) is 4.98. The molecule has 0 radical (unpaired) electrons. The Bertz CT molecular complexity index is 361. The number of hydrogen-bond acceptors (Lipinski definition) is 2. The largest absolute Gasteiger partial charge is 0.478 e. The van der Waals surface area contributed by atoms with Gasteiger partial charge in [0.05, 0.1) is 5.56 Å². The van der Waals surface area contributed by atoms with Gasteiger partial charge in [0.25, 0.3) is 0 Å². The first kappa shape index (κ1) is 12.6. The second-order valence-electron chi connectivity index (χ2n) is 4.03. The predicted octanol–water partition coefficient (Wildman–Crippen LogP) is 3.09. The van der Waals surface area contributed by atoms with Crippen LogP contribution in [0.4, 0.5) is 5.69 Å². The van der Waals surface area contributed by atoms with Crippen molar-refractivity contribution in [1.29, 1.82) is 0 Å². The average molecular weight is 221 g/mol. The fraction of sp³-hybridized carbons (Fsp3) is 0.462. The standard InChI is InChI=1S/C13H19NO2/c1-2-3-4-5-6-10-7-8-11(13(15)16)9-12(10)14/h7-9H,2-6,14H2,1H3,(H,15,16). The molecule has 0 atom stereocenters. The molecule has 1 rings (SSSR count). The molecular weight excluding hydrogens is 202 g/mol. The molecular formula is C13H19NO2. The van der Waals surface area contributed by atoms with Gasteiger partial charge >= 0.3 is 5.97 Å². The van der Waals surface area contributed by atoms with Crippen molar-refractivity contribution in [2.75, 3.05) is 5.73 Å². The summed E-state index contributed by atoms with van der Waals surface area (Å²) < 4.78 is 0. The van der Waals surface area contributed by atoms with Gasteiger partial charge in [-0.3, -0.25) is 0 Å². The molecule has 0 aliphatic rings. The molecule has 3 N–H and O–H groups in total. The number of benzene rings is 1. The summed E-state index contributed by atoms with van der Waals surface area (Å²) in [5.74, 6) is -0.927. The molecule has 0 aliphatic carbocycles. The van der Waals surface area contributed by atoms with Gasteiger partial charge in [-0.05, 0) is 30.5 Å². The maximum Gasteiger partial charge on any atom is 0.335 e. The molecule has 3 nitrogen and oxygen atoms in total. The molecule has 1 aromatic carbocycles. The minimum Gasteiger partial charge on any atom is -0.478 e. The van der Waals surface area contributed by atoms with E-state index < -0.39 is 5.97 Å². The highest BCUT2D eigenvalue weighted by Crippen LogP contribution is 2.17. The summed E-state index contributed by atoms with van der Waals surface area (Å²) in [5.41, 5.74) is 7.72. The highest BCUT2D eigenvalue weighted by molar-refractivity contribution is 5.88. The smallest absolute Gasteiger partial charge is 0.335 e. The molecule has 0 aromatic heterocycles. The quantitative estimate of drug-likeness (QED) is 0.573. The van der Waals surface area contributed by atoms with Crippen molar-refractivity contribution in [2.45, 2.75) is 39.0 Å². The number of hydrogen-bond donors (Lipinski definition) is 2. The molecule has 0 amide bonds. The SMILES string of the molecule is CCCCCCc1ccc(C(=O)O)cc1N. The Morgan fingerprint density at radius 2 is 2.06 bits per heavy atom. The zero-order valence-corrected chi connectivity index (χ0v) is 9.70. The molecule has 16 heavy (non-hydrogen) atoms. The third kappa shape index (κ3) is 3.57. The van der Waals surface area contributed by atoms with Crippen LogP contribution in [0, 0.1) is 0 Å². The first-order valence-corrected chi connectivity index (χ1v) is 5.77. The molecule has 1 aromatic rings. The van der Waals surface area contributed by atoms with Crippen molar-refractivity contribution in [1.82, 2.24) is 0 Å². The number of anilines is 1. The van der Waals surface area contributed by atoms with Gasteiger partial charge in [0.15, 0.2) is 0 Å². The van der Waals surface area contributed by atoms with Gasteiger partial charge in [0, 0.05) is 5.69 Å². The maximum absolute atomic E-state index is 10.7. The zero-order chi connectivity index (χ0) is 12.0. The highest BCUT2D eigenvalue weighted by atomic mass is 16.4. The van der Waals surface area contributed by atoms with Crippen LogP contribution in [0.2, 0.25) is 0 Å². The zero-order valence-electron chi connectivity index (χ0n) is 9.70. The molecule has 0 bridgehead atoms. The van der Waals surface area contributed by atoms with Gasteiger partial charge < -0.3 is 10.8 Å². The van der Waals surface area contributed by atoms with E-state index in [1.54, 1.807) is 6.07 Å². The van der Waals surface area contributed by atoms with Crippen LogP contribution < -0.4 is 5.73 Å². The van der Waals surface area contributed by atoms with E-state index in [2.05, 4.69) is 6.92 Å². The van der Waals surface area contributed by atoms with E-state index in [4.69, 9.17) is 10.8 Å². The second kappa shape index (κ2) is 6.16. The normalized spacial score (nSPS) is 10.3. The number of aromatic carboxylic acids is 1. The fourth-order valence-electron chi connectivity index (χ4n) is 1.70. The van der Waals surface area contributed by atoms with Crippen LogP contribution in [0.15, 0.2) is 18.2 Å².